The van der Waals surface area contributed by atoms with Gasteiger partial charge in [0.25, 0.3) is 0 Å². The van der Waals surface area contributed by atoms with Gasteiger partial charge in [-0.2, -0.15) is 0 Å². The summed E-state index contributed by atoms with van der Waals surface area (Å²) in [5.74, 6) is 1.40. The summed E-state index contributed by atoms with van der Waals surface area (Å²) in [6, 6.07) is 16.8. The third-order valence-electron chi connectivity index (χ3n) is 2.76. The molecule has 20 heavy (non-hydrogen) atoms. The smallest absolute Gasteiger partial charge is 0.228 e. The number of nitrogens with one attached hydrogen (secondary N) is 1. The van der Waals surface area contributed by atoms with Crippen molar-refractivity contribution in [1.29, 1.82) is 0 Å². The lowest BCUT2D eigenvalue weighted by molar-refractivity contribution is -0.118. The van der Waals surface area contributed by atoms with Crippen LogP contribution in [0.2, 0.25) is 0 Å². The Hall–Kier alpha value is -2.00. The predicted molar refractivity (Wildman–Crippen MR) is 81.5 cm³/mol. The molecule has 4 heteroatoms. The first-order valence-corrected chi connectivity index (χ1v) is 6.92. The molecule has 0 saturated carbocycles. The van der Waals surface area contributed by atoms with Crippen molar-refractivity contribution < 1.29 is 9.53 Å². The Bertz CT molecular complexity index is 572. The molecule has 0 fully saturated rings. The number of para-hydroxylation sites is 1. The van der Waals surface area contributed by atoms with Crippen LogP contribution in [0.1, 0.15) is 6.92 Å². The maximum absolute atomic E-state index is 11.8. The van der Waals surface area contributed by atoms with E-state index in [4.69, 9.17) is 16.3 Å². The first-order valence-electron chi connectivity index (χ1n) is 6.39. The van der Waals surface area contributed by atoms with Gasteiger partial charge in [-0.3, -0.25) is 4.79 Å². The summed E-state index contributed by atoms with van der Waals surface area (Å²) in [6.45, 7) is 1.78. The maximum atomic E-state index is 11.8. The number of carbonyl (C=O) groups is 1. The molecule has 0 aliphatic rings. The molecular weight excluding hydrogens is 274 g/mol. The second-order valence-electron chi connectivity index (χ2n) is 4.49. The van der Waals surface area contributed by atoms with Crippen LogP contribution in [-0.2, 0) is 4.79 Å². The van der Waals surface area contributed by atoms with Gasteiger partial charge in [-0.05, 0) is 24.3 Å². The van der Waals surface area contributed by atoms with E-state index in [1.807, 2.05) is 48.5 Å². The van der Waals surface area contributed by atoms with Crippen LogP contribution in [0.4, 0.5) is 5.69 Å². The van der Waals surface area contributed by atoms with Crippen molar-refractivity contribution in [1.82, 2.24) is 0 Å². The fourth-order valence-corrected chi connectivity index (χ4v) is 1.74. The van der Waals surface area contributed by atoms with Crippen LogP contribution in [0.5, 0.6) is 11.5 Å². The van der Waals surface area contributed by atoms with Crippen molar-refractivity contribution in [3.8, 4) is 11.5 Å². The number of rotatable bonds is 5. The van der Waals surface area contributed by atoms with Crippen LogP contribution in [0.3, 0.4) is 0 Å². The average Bonchev–Trinajstić information content (AvgIpc) is 2.47. The van der Waals surface area contributed by atoms with Gasteiger partial charge in [0, 0.05) is 23.6 Å². The molecule has 0 bridgehead atoms. The van der Waals surface area contributed by atoms with Crippen molar-refractivity contribution in [3.05, 3.63) is 54.6 Å². The third-order valence-corrected chi connectivity index (χ3v) is 3.22. The molecule has 0 saturated heterocycles. The van der Waals surface area contributed by atoms with Crippen LogP contribution in [0.15, 0.2) is 54.6 Å². The Balaban J connectivity index is 2.06. The Labute approximate surface area is 123 Å². The fraction of sp³-hybridized carbons (Fsp3) is 0.188. The summed E-state index contributed by atoms with van der Waals surface area (Å²) >= 11 is 5.67. The molecule has 2 aromatic carbocycles. The minimum Gasteiger partial charge on any atom is -0.457 e. The zero-order chi connectivity index (χ0) is 14.4. The molecule has 1 amide bonds. The molecule has 0 radical (unpaired) electrons. The lowest BCUT2D eigenvalue weighted by atomic mass is 10.2. The van der Waals surface area contributed by atoms with E-state index < -0.39 is 0 Å². The van der Waals surface area contributed by atoms with Crippen LogP contribution >= 0.6 is 11.6 Å². The van der Waals surface area contributed by atoms with Gasteiger partial charge in [0.1, 0.15) is 11.5 Å². The van der Waals surface area contributed by atoms with Gasteiger partial charge in [-0.15, -0.1) is 11.6 Å². The Morgan fingerprint density at radius 1 is 1.15 bits per heavy atom. The number of hydrogen-bond donors (Lipinski definition) is 1. The Morgan fingerprint density at radius 3 is 2.55 bits per heavy atom. The highest BCUT2D eigenvalue weighted by molar-refractivity contribution is 6.19. The van der Waals surface area contributed by atoms with Gasteiger partial charge in [-0.1, -0.05) is 31.2 Å². The highest BCUT2D eigenvalue weighted by atomic mass is 35.5. The number of carbonyl (C=O) groups excluding carboxylic acids is 1. The number of amides is 1. The number of hydrogen-bond acceptors (Lipinski definition) is 2. The Kier molecular flexibility index (Phi) is 5.02. The van der Waals surface area contributed by atoms with Crippen molar-refractivity contribution in [2.45, 2.75) is 6.92 Å². The number of benzene rings is 2. The summed E-state index contributed by atoms with van der Waals surface area (Å²) in [6.07, 6.45) is 0. The average molecular weight is 290 g/mol. The minimum atomic E-state index is -0.227. The largest absolute Gasteiger partial charge is 0.457 e. The van der Waals surface area contributed by atoms with Gasteiger partial charge in [0.15, 0.2) is 0 Å². The summed E-state index contributed by atoms with van der Waals surface area (Å²) in [7, 11) is 0. The first-order chi connectivity index (χ1) is 9.69. The van der Waals surface area contributed by atoms with E-state index in [2.05, 4.69) is 5.32 Å². The first kappa shape index (κ1) is 14.4. The zero-order valence-electron chi connectivity index (χ0n) is 11.2. The molecule has 2 aromatic rings. The Morgan fingerprint density at radius 2 is 1.85 bits per heavy atom. The monoisotopic (exact) mass is 289 g/mol. The highest BCUT2D eigenvalue weighted by Crippen LogP contribution is 2.24. The lowest BCUT2D eigenvalue weighted by Gasteiger charge is -2.11. The van der Waals surface area contributed by atoms with E-state index in [-0.39, 0.29) is 11.8 Å². The number of ether oxygens (including phenoxy) is 1. The molecule has 2 rings (SSSR count). The van der Waals surface area contributed by atoms with Crippen LogP contribution in [0, 0.1) is 5.92 Å². The third kappa shape index (κ3) is 4.00. The fourth-order valence-electron chi connectivity index (χ4n) is 1.60. The number of alkyl halides is 1. The standard InChI is InChI=1S/C16H16ClNO2/c1-12(11-17)16(19)18-13-6-5-9-15(10-13)20-14-7-3-2-4-8-14/h2-10,12H,11H2,1H3,(H,18,19). The minimum absolute atomic E-state index is 0.100. The van der Waals surface area contributed by atoms with E-state index in [1.54, 1.807) is 13.0 Å². The van der Waals surface area contributed by atoms with Gasteiger partial charge >= 0.3 is 0 Å². The molecule has 3 nitrogen and oxygen atoms in total. The zero-order valence-corrected chi connectivity index (χ0v) is 11.9. The van der Waals surface area contributed by atoms with Crippen molar-refractivity contribution in [3.63, 3.8) is 0 Å². The van der Waals surface area contributed by atoms with Gasteiger partial charge in [-0.25, -0.2) is 0 Å². The van der Waals surface area contributed by atoms with Gasteiger partial charge in [0.05, 0.1) is 0 Å². The summed E-state index contributed by atoms with van der Waals surface area (Å²) in [5, 5.41) is 2.82. The molecule has 0 heterocycles. The molecule has 0 aliphatic carbocycles. The summed E-state index contributed by atoms with van der Waals surface area (Å²) in [5.41, 5.74) is 0.695. The van der Waals surface area contributed by atoms with Crippen molar-refractivity contribution in [2.24, 2.45) is 5.92 Å². The molecule has 1 N–H and O–H groups in total. The van der Waals surface area contributed by atoms with E-state index in [9.17, 15) is 4.79 Å². The highest BCUT2D eigenvalue weighted by Gasteiger charge is 2.11. The summed E-state index contributed by atoms with van der Waals surface area (Å²) in [4.78, 5) is 11.8. The molecule has 1 unspecified atom stereocenters. The molecule has 0 aliphatic heterocycles. The number of halogens is 1. The second kappa shape index (κ2) is 6.96. The topological polar surface area (TPSA) is 38.3 Å². The van der Waals surface area contributed by atoms with Gasteiger partial charge < -0.3 is 10.1 Å². The van der Waals surface area contributed by atoms with E-state index >= 15 is 0 Å². The molecule has 0 spiro atoms. The van der Waals surface area contributed by atoms with E-state index in [0.717, 1.165) is 5.75 Å². The lowest BCUT2D eigenvalue weighted by Crippen LogP contribution is -2.21. The maximum Gasteiger partial charge on any atom is 0.228 e. The quantitative estimate of drug-likeness (QED) is 0.834. The predicted octanol–water partition coefficient (Wildman–Crippen LogP) is 4.29. The second-order valence-corrected chi connectivity index (χ2v) is 4.80. The van der Waals surface area contributed by atoms with Gasteiger partial charge in [0.2, 0.25) is 5.91 Å². The van der Waals surface area contributed by atoms with Crippen LogP contribution < -0.4 is 10.1 Å². The summed E-state index contributed by atoms with van der Waals surface area (Å²) < 4.78 is 5.71. The SMILES string of the molecule is CC(CCl)C(=O)Nc1cccc(Oc2ccccc2)c1. The number of anilines is 1. The van der Waals surface area contributed by atoms with E-state index in [0.29, 0.717) is 17.3 Å². The molecule has 0 aromatic heterocycles. The van der Waals surface area contributed by atoms with Crippen molar-refractivity contribution >= 4 is 23.2 Å². The molecular formula is C16H16ClNO2. The van der Waals surface area contributed by atoms with Crippen LogP contribution in [0.25, 0.3) is 0 Å². The normalized spacial score (nSPS) is 11.7. The van der Waals surface area contributed by atoms with Crippen molar-refractivity contribution in [2.75, 3.05) is 11.2 Å². The molecule has 1 atom stereocenters. The van der Waals surface area contributed by atoms with Crippen LogP contribution in [-0.4, -0.2) is 11.8 Å². The molecule has 104 valence electrons. The van der Waals surface area contributed by atoms with E-state index in [1.165, 1.54) is 0 Å².